The lowest BCUT2D eigenvalue weighted by molar-refractivity contribution is -0.137. The van der Waals surface area contributed by atoms with E-state index in [0.29, 0.717) is 11.0 Å². The van der Waals surface area contributed by atoms with Gasteiger partial charge in [-0.25, -0.2) is 4.98 Å². The highest BCUT2D eigenvalue weighted by molar-refractivity contribution is 9.10. The largest absolute Gasteiger partial charge is 0.419 e. The van der Waals surface area contributed by atoms with E-state index in [2.05, 4.69) is 26.2 Å². The molecule has 0 spiro atoms. The molecule has 1 aliphatic carbocycles. The van der Waals surface area contributed by atoms with E-state index in [-0.39, 0.29) is 5.82 Å². The van der Waals surface area contributed by atoms with Crippen LogP contribution in [0.25, 0.3) is 0 Å². The molecule has 1 fully saturated rings. The third-order valence-corrected chi connectivity index (χ3v) is 3.93. The number of aromatic nitrogens is 1. The average molecular weight is 338 g/mol. The van der Waals surface area contributed by atoms with Crippen molar-refractivity contribution in [3.8, 4) is 0 Å². The summed E-state index contributed by atoms with van der Waals surface area (Å²) in [5.41, 5.74) is 4.50. The highest BCUT2D eigenvalue weighted by Crippen LogP contribution is 2.38. The Morgan fingerprint density at radius 1 is 1.37 bits per heavy atom. The molecule has 0 amide bonds. The number of alkyl halides is 3. The summed E-state index contributed by atoms with van der Waals surface area (Å²) in [6, 6.07) is 1.04. The second kappa shape index (κ2) is 5.28. The van der Waals surface area contributed by atoms with Crippen molar-refractivity contribution in [2.45, 2.75) is 37.4 Å². The van der Waals surface area contributed by atoms with Crippen molar-refractivity contribution in [3.63, 3.8) is 0 Å². The number of nitrogens with zero attached hydrogens (tertiary/aromatic N) is 1. The molecule has 3 N–H and O–H groups in total. The molecule has 1 aromatic rings. The highest BCUT2D eigenvalue weighted by atomic mass is 79.9. The van der Waals surface area contributed by atoms with E-state index < -0.39 is 17.3 Å². The summed E-state index contributed by atoms with van der Waals surface area (Å²) in [6.45, 7) is 0.308. The van der Waals surface area contributed by atoms with E-state index in [1.165, 1.54) is 6.20 Å². The molecule has 0 atom stereocenters. The van der Waals surface area contributed by atoms with Gasteiger partial charge in [0.2, 0.25) is 0 Å². The van der Waals surface area contributed by atoms with E-state index in [1.54, 1.807) is 0 Å². The van der Waals surface area contributed by atoms with Gasteiger partial charge in [-0.1, -0.05) is 12.8 Å². The zero-order valence-electron chi connectivity index (χ0n) is 10.2. The predicted octanol–water partition coefficient (Wildman–Crippen LogP) is 3.55. The number of hydrogen-bond acceptors (Lipinski definition) is 3. The van der Waals surface area contributed by atoms with Crippen LogP contribution in [0.4, 0.5) is 19.0 Å². The van der Waals surface area contributed by atoms with Crippen LogP contribution in [-0.4, -0.2) is 17.1 Å². The zero-order valence-corrected chi connectivity index (χ0v) is 11.8. The van der Waals surface area contributed by atoms with Crippen LogP contribution in [0, 0.1) is 0 Å². The molecular weight excluding hydrogens is 323 g/mol. The predicted molar refractivity (Wildman–Crippen MR) is 70.8 cm³/mol. The first-order chi connectivity index (χ1) is 8.86. The van der Waals surface area contributed by atoms with Gasteiger partial charge in [-0.3, -0.25) is 0 Å². The van der Waals surface area contributed by atoms with Gasteiger partial charge in [-0.05, 0) is 34.8 Å². The Bertz CT molecular complexity index is 456. The number of nitrogens with two attached hydrogens (primary N) is 1. The van der Waals surface area contributed by atoms with Crippen molar-refractivity contribution in [2.75, 3.05) is 11.9 Å². The Balaban J connectivity index is 2.34. The van der Waals surface area contributed by atoms with Crippen LogP contribution in [0.1, 0.15) is 31.2 Å². The fourth-order valence-electron chi connectivity index (χ4n) is 2.44. The number of rotatable bonds is 3. The van der Waals surface area contributed by atoms with Crippen LogP contribution in [-0.2, 0) is 6.18 Å². The number of nitrogens with one attached hydrogen (secondary N) is 1. The molecule has 7 heteroatoms. The van der Waals surface area contributed by atoms with Crippen LogP contribution < -0.4 is 11.1 Å². The Morgan fingerprint density at radius 2 is 2.00 bits per heavy atom. The van der Waals surface area contributed by atoms with Gasteiger partial charge in [0.25, 0.3) is 0 Å². The van der Waals surface area contributed by atoms with E-state index in [4.69, 9.17) is 5.73 Å². The van der Waals surface area contributed by atoms with E-state index in [1.807, 2.05) is 0 Å². The maximum absolute atomic E-state index is 13.0. The summed E-state index contributed by atoms with van der Waals surface area (Å²) in [6.07, 6.45) is 0.422. The van der Waals surface area contributed by atoms with E-state index in [0.717, 1.165) is 31.7 Å². The van der Waals surface area contributed by atoms with Crippen LogP contribution in [0.2, 0.25) is 0 Å². The zero-order chi connectivity index (χ0) is 14.1. The summed E-state index contributed by atoms with van der Waals surface area (Å²) in [5.74, 6) is -0.136. The molecule has 19 heavy (non-hydrogen) atoms. The fraction of sp³-hybridized carbons (Fsp3) is 0.583. The monoisotopic (exact) mass is 337 g/mol. The number of hydrogen-bond donors (Lipinski definition) is 2. The van der Waals surface area contributed by atoms with Gasteiger partial charge in [0.1, 0.15) is 5.82 Å². The minimum atomic E-state index is -4.44. The van der Waals surface area contributed by atoms with Gasteiger partial charge in [0.05, 0.1) is 11.1 Å². The van der Waals surface area contributed by atoms with Crippen molar-refractivity contribution >= 4 is 21.7 Å². The van der Waals surface area contributed by atoms with Crippen LogP contribution in [0.3, 0.4) is 0 Å². The average Bonchev–Trinajstić information content (AvgIpc) is 2.79. The van der Waals surface area contributed by atoms with E-state index in [9.17, 15) is 13.2 Å². The van der Waals surface area contributed by atoms with E-state index >= 15 is 0 Å². The molecule has 106 valence electrons. The molecule has 0 bridgehead atoms. The standard InChI is InChI=1S/C12H15BrF3N3/c13-8-5-9(12(14,15)16)10(18-6-8)19-11(7-17)3-1-2-4-11/h5-6H,1-4,7,17H2,(H,18,19). The van der Waals surface area contributed by atoms with Crippen LogP contribution in [0.5, 0.6) is 0 Å². The lowest BCUT2D eigenvalue weighted by Crippen LogP contribution is -2.43. The summed E-state index contributed by atoms with van der Waals surface area (Å²) < 4.78 is 39.3. The molecule has 0 unspecified atom stereocenters. The summed E-state index contributed by atoms with van der Waals surface area (Å²) in [4.78, 5) is 3.87. The van der Waals surface area contributed by atoms with Gasteiger partial charge >= 0.3 is 6.18 Å². The Labute approximate surface area is 117 Å². The second-order valence-corrected chi connectivity index (χ2v) is 5.78. The van der Waals surface area contributed by atoms with Crippen molar-refractivity contribution in [1.29, 1.82) is 0 Å². The molecule has 1 heterocycles. The van der Waals surface area contributed by atoms with Crippen molar-refractivity contribution in [1.82, 2.24) is 4.98 Å². The molecule has 0 aliphatic heterocycles. The van der Waals surface area contributed by atoms with Crippen molar-refractivity contribution in [3.05, 3.63) is 22.3 Å². The first kappa shape index (κ1) is 14.6. The molecule has 2 rings (SSSR count). The van der Waals surface area contributed by atoms with Crippen LogP contribution >= 0.6 is 15.9 Å². The Hall–Kier alpha value is -0.820. The summed E-state index contributed by atoms with van der Waals surface area (Å²) in [5, 5.41) is 2.93. The second-order valence-electron chi connectivity index (χ2n) is 4.86. The third kappa shape index (κ3) is 3.20. The summed E-state index contributed by atoms with van der Waals surface area (Å²) >= 11 is 3.02. The minimum Gasteiger partial charge on any atom is -0.363 e. The van der Waals surface area contributed by atoms with Crippen molar-refractivity contribution in [2.24, 2.45) is 5.73 Å². The van der Waals surface area contributed by atoms with Gasteiger partial charge in [-0.15, -0.1) is 0 Å². The van der Waals surface area contributed by atoms with Crippen molar-refractivity contribution < 1.29 is 13.2 Å². The normalized spacial score (nSPS) is 18.6. The molecule has 1 aromatic heterocycles. The topological polar surface area (TPSA) is 50.9 Å². The highest BCUT2D eigenvalue weighted by Gasteiger charge is 2.38. The molecule has 0 aromatic carbocycles. The molecule has 1 saturated carbocycles. The Kier molecular flexibility index (Phi) is 4.06. The lowest BCUT2D eigenvalue weighted by atomic mass is 9.97. The fourth-order valence-corrected chi connectivity index (χ4v) is 2.77. The van der Waals surface area contributed by atoms with Crippen LogP contribution in [0.15, 0.2) is 16.7 Å². The first-order valence-electron chi connectivity index (χ1n) is 6.07. The third-order valence-electron chi connectivity index (χ3n) is 3.49. The van der Waals surface area contributed by atoms with Gasteiger partial charge in [0, 0.05) is 17.2 Å². The molecule has 3 nitrogen and oxygen atoms in total. The number of halogens is 4. The minimum absolute atomic E-state index is 0.136. The smallest absolute Gasteiger partial charge is 0.363 e. The summed E-state index contributed by atoms with van der Waals surface area (Å²) in [7, 11) is 0. The quantitative estimate of drug-likeness (QED) is 0.886. The molecular formula is C12H15BrF3N3. The Morgan fingerprint density at radius 3 is 2.53 bits per heavy atom. The number of pyridine rings is 1. The van der Waals surface area contributed by atoms with Gasteiger partial charge < -0.3 is 11.1 Å². The lowest BCUT2D eigenvalue weighted by Gasteiger charge is -2.30. The molecule has 0 radical (unpaired) electrons. The molecule has 1 aliphatic rings. The first-order valence-corrected chi connectivity index (χ1v) is 6.87. The SMILES string of the molecule is NCC1(Nc2ncc(Br)cc2C(F)(F)F)CCCC1. The van der Waals surface area contributed by atoms with Gasteiger partial charge in [-0.2, -0.15) is 13.2 Å². The van der Waals surface area contributed by atoms with Gasteiger partial charge in [0.15, 0.2) is 0 Å². The maximum atomic E-state index is 13.0. The maximum Gasteiger partial charge on any atom is 0.419 e. The molecule has 0 saturated heterocycles. The number of anilines is 1.